The van der Waals surface area contributed by atoms with Gasteiger partial charge >= 0.3 is 5.97 Å². The van der Waals surface area contributed by atoms with E-state index in [1.807, 2.05) is 24.3 Å². The molecule has 1 unspecified atom stereocenters. The second-order valence-corrected chi connectivity index (χ2v) is 6.97. The third-order valence-corrected chi connectivity index (χ3v) is 5.16. The second kappa shape index (κ2) is 8.34. The molecule has 3 rings (SSSR count). The molecule has 0 aliphatic carbocycles. The van der Waals surface area contributed by atoms with E-state index < -0.39 is 11.9 Å². The highest BCUT2D eigenvalue weighted by Crippen LogP contribution is 2.26. The first kappa shape index (κ1) is 18.4. The van der Waals surface area contributed by atoms with E-state index >= 15 is 0 Å². The summed E-state index contributed by atoms with van der Waals surface area (Å²) in [7, 11) is 0. The molecule has 140 valence electrons. The van der Waals surface area contributed by atoms with Gasteiger partial charge in [-0.15, -0.1) is 0 Å². The van der Waals surface area contributed by atoms with Crippen molar-refractivity contribution in [3.8, 4) is 0 Å². The smallest absolute Gasteiger partial charge is 0.311 e. The normalized spacial score (nSPS) is 20.3. The zero-order chi connectivity index (χ0) is 18.5. The number of amides is 2. The molecule has 2 fully saturated rings. The van der Waals surface area contributed by atoms with Gasteiger partial charge in [0, 0.05) is 31.7 Å². The van der Waals surface area contributed by atoms with Gasteiger partial charge in [0.1, 0.15) is 0 Å². The molecule has 0 N–H and O–H groups in total. The zero-order valence-electron chi connectivity index (χ0n) is 15.3. The minimum absolute atomic E-state index is 0.0847. The highest BCUT2D eigenvalue weighted by Gasteiger charge is 2.36. The molecular formula is C20H26N2O4. The summed E-state index contributed by atoms with van der Waals surface area (Å²) >= 11 is 0. The van der Waals surface area contributed by atoms with Gasteiger partial charge in [0.05, 0.1) is 5.92 Å². The van der Waals surface area contributed by atoms with Crippen LogP contribution in [0.2, 0.25) is 0 Å². The number of aryl methyl sites for hydroxylation is 1. The van der Waals surface area contributed by atoms with Gasteiger partial charge in [-0.05, 0) is 43.4 Å². The summed E-state index contributed by atoms with van der Waals surface area (Å²) in [5, 5.41) is 0. The van der Waals surface area contributed by atoms with Crippen molar-refractivity contribution in [3.63, 3.8) is 0 Å². The molecule has 1 aromatic rings. The summed E-state index contributed by atoms with van der Waals surface area (Å²) in [6.07, 6.45) is 4.22. The number of rotatable bonds is 5. The van der Waals surface area contributed by atoms with Crippen molar-refractivity contribution in [2.24, 2.45) is 5.92 Å². The Morgan fingerprint density at radius 3 is 2.46 bits per heavy atom. The maximum atomic E-state index is 12.3. The van der Waals surface area contributed by atoms with E-state index in [4.69, 9.17) is 4.74 Å². The van der Waals surface area contributed by atoms with Crippen LogP contribution in [0.4, 0.5) is 5.69 Å². The Morgan fingerprint density at radius 2 is 1.81 bits per heavy atom. The summed E-state index contributed by atoms with van der Waals surface area (Å²) in [6.45, 7) is 3.63. The quantitative estimate of drug-likeness (QED) is 0.757. The molecule has 1 atom stereocenters. The van der Waals surface area contributed by atoms with E-state index in [1.54, 1.807) is 9.80 Å². The van der Waals surface area contributed by atoms with Gasteiger partial charge in [0.2, 0.25) is 5.91 Å². The molecule has 0 spiro atoms. The second-order valence-electron chi connectivity index (χ2n) is 6.97. The van der Waals surface area contributed by atoms with Gasteiger partial charge in [-0.2, -0.15) is 0 Å². The first-order valence-electron chi connectivity index (χ1n) is 9.42. The number of hydrogen-bond acceptors (Lipinski definition) is 4. The summed E-state index contributed by atoms with van der Waals surface area (Å²) in [4.78, 5) is 40.0. The van der Waals surface area contributed by atoms with E-state index in [9.17, 15) is 14.4 Å². The van der Waals surface area contributed by atoms with Gasteiger partial charge in [-0.1, -0.05) is 19.1 Å². The molecule has 0 bridgehead atoms. The minimum atomic E-state index is -0.512. The van der Waals surface area contributed by atoms with Crippen LogP contribution in [0.1, 0.15) is 38.2 Å². The fourth-order valence-electron chi connectivity index (χ4n) is 3.51. The fourth-order valence-corrected chi connectivity index (χ4v) is 3.51. The van der Waals surface area contributed by atoms with Crippen LogP contribution >= 0.6 is 0 Å². The molecule has 0 saturated carbocycles. The van der Waals surface area contributed by atoms with Crippen LogP contribution in [0.15, 0.2) is 24.3 Å². The van der Waals surface area contributed by atoms with Gasteiger partial charge < -0.3 is 14.5 Å². The highest BCUT2D eigenvalue weighted by atomic mass is 16.5. The van der Waals surface area contributed by atoms with E-state index in [0.29, 0.717) is 6.54 Å². The lowest BCUT2D eigenvalue weighted by atomic mass is 10.1. The van der Waals surface area contributed by atoms with Crippen molar-refractivity contribution >= 4 is 23.5 Å². The van der Waals surface area contributed by atoms with Crippen molar-refractivity contribution in [3.05, 3.63) is 29.8 Å². The summed E-state index contributed by atoms with van der Waals surface area (Å²) in [6, 6.07) is 7.80. The van der Waals surface area contributed by atoms with Crippen molar-refractivity contribution < 1.29 is 19.1 Å². The Balaban J connectivity index is 1.52. The number of benzene rings is 1. The Labute approximate surface area is 154 Å². The number of anilines is 1. The molecule has 26 heavy (non-hydrogen) atoms. The molecule has 6 heteroatoms. The first-order valence-corrected chi connectivity index (χ1v) is 9.42. The number of ether oxygens (including phenoxy) is 1. The Kier molecular flexibility index (Phi) is 5.91. The predicted octanol–water partition coefficient (Wildman–Crippen LogP) is 2.16. The van der Waals surface area contributed by atoms with Gasteiger partial charge in [0.15, 0.2) is 6.61 Å². The summed E-state index contributed by atoms with van der Waals surface area (Å²) in [5.41, 5.74) is 2.00. The molecule has 0 radical (unpaired) electrons. The Morgan fingerprint density at radius 1 is 1.12 bits per heavy atom. The van der Waals surface area contributed by atoms with Gasteiger partial charge in [-0.3, -0.25) is 14.4 Å². The van der Waals surface area contributed by atoms with E-state index in [2.05, 4.69) is 6.92 Å². The average molecular weight is 358 g/mol. The third kappa shape index (κ3) is 4.23. The van der Waals surface area contributed by atoms with Crippen LogP contribution in [-0.4, -0.2) is 48.9 Å². The molecule has 0 aromatic heterocycles. The number of carbonyl (C=O) groups excluding carboxylic acids is 3. The number of likely N-dealkylation sites (tertiary alicyclic amines) is 1. The minimum Gasteiger partial charge on any atom is -0.455 e. The Hall–Kier alpha value is -2.37. The number of carbonyl (C=O) groups is 3. The maximum absolute atomic E-state index is 12.3. The molecule has 2 amide bonds. The molecule has 2 heterocycles. The predicted molar refractivity (Wildman–Crippen MR) is 97.7 cm³/mol. The highest BCUT2D eigenvalue weighted by molar-refractivity contribution is 5.99. The van der Waals surface area contributed by atoms with Gasteiger partial charge in [-0.25, -0.2) is 0 Å². The largest absolute Gasteiger partial charge is 0.455 e. The van der Waals surface area contributed by atoms with Gasteiger partial charge in [0.25, 0.3) is 5.91 Å². The maximum Gasteiger partial charge on any atom is 0.311 e. The molecular weight excluding hydrogens is 332 g/mol. The lowest BCUT2D eigenvalue weighted by Crippen LogP contribution is -2.39. The summed E-state index contributed by atoms with van der Waals surface area (Å²) in [5.74, 6) is -1.20. The third-order valence-electron chi connectivity index (χ3n) is 5.16. The molecule has 2 aliphatic heterocycles. The van der Waals surface area contributed by atoms with Crippen molar-refractivity contribution in [2.75, 3.05) is 31.1 Å². The van der Waals surface area contributed by atoms with Crippen LogP contribution in [0.25, 0.3) is 0 Å². The van der Waals surface area contributed by atoms with Crippen molar-refractivity contribution in [1.29, 1.82) is 0 Å². The first-order chi connectivity index (χ1) is 12.6. The van der Waals surface area contributed by atoms with Crippen LogP contribution in [0.3, 0.4) is 0 Å². The fraction of sp³-hybridized carbons (Fsp3) is 0.550. The van der Waals surface area contributed by atoms with Crippen LogP contribution in [0.5, 0.6) is 0 Å². The van der Waals surface area contributed by atoms with Crippen LogP contribution in [-0.2, 0) is 25.5 Å². The number of esters is 1. The molecule has 6 nitrogen and oxygen atoms in total. The zero-order valence-corrected chi connectivity index (χ0v) is 15.3. The Bertz CT molecular complexity index is 665. The molecule has 1 aromatic carbocycles. The number of hydrogen-bond donors (Lipinski definition) is 0. The van der Waals surface area contributed by atoms with Crippen molar-refractivity contribution in [1.82, 2.24) is 4.90 Å². The average Bonchev–Trinajstić information content (AvgIpc) is 3.08. The number of piperidine rings is 1. The van der Waals surface area contributed by atoms with Crippen LogP contribution < -0.4 is 4.90 Å². The van der Waals surface area contributed by atoms with E-state index in [0.717, 1.165) is 44.5 Å². The summed E-state index contributed by atoms with van der Waals surface area (Å²) < 4.78 is 5.20. The lowest BCUT2D eigenvalue weighted by Gasteiger charge is -2.26. The van der Waals surface area contributed by atoms with Crippen LogP contribution in [0, 0.1) is 5.92 Å². The van der Waals surface area contributed by atoms with E-state index in [1.165, 1.54) is 5.56 Å². The number of nitrogens with zero attached hydrogens (tertiary/aromatic N) is 2. The van der Waals surface area contributed by atoms with Crippen molar-refractivity contribution in [2.45, 2.75) is 39.0 Å². The molecule has 2 aliphatic rings. The molecule has 2 saturated heterocycles. The SMILES string of the molecule is CCc1ccc(N2CC(C(=O)OCC(=O)N3CCCCC3)CC2=O)cc1. The lowest BCUT2D eigenvalue weighted by molar-refractivity contribution is -0.155. The van der Waals surface area contributed by atoms with E-state index in [-0.39, 0.29) is 24.8 Å². The monoisotopic (exact) mass is 358 g/mol. The standard InChI is InChI=1S/C20H26N2O4/c1-2-15-6-8-17(9-7-15)22-13-16(12-18(22)23)20(25)26-14-19(24)21-10-4-3-5-11-21/h6-9,16H,2-5,10-14H2,1H3. The topological polar surface area (TPSA) is 66.9 Å².